The smallest absolute Gasteiger partial charge is 0.272 e. The standard InChI is InChI=1S/C16H15N3O3S2/c1-21-12-4-3-10(9-13(12)22-2)19-15(20)14-11(5-7-23-14)18-16(19)24-8-6-17/h3-4,9H,5,7-8H2,1-2H3. The molecule has 0 aliphatic carbocycles. The molecule has 1 aliphatic heterocycles. The molecule has 0 spiro atoms. The number of methoxy groups -OCH3 is 2. The van der Waals surface area contributed by atoms with Gasteiger partial charge in [-0.3, -0.25) is 9.36 Å². The molecule has 0 N–H and O–H groups in total. The molecular formula is C16H15N3O3S2. The van der Waals surface area contributed by atoms with Crippen molar-refractivity contribution in [2.24, 2.45) is 0 Å². The fourth-order valence-corrected chi connectivity index (χ4v) is 4.19. The lowest BCUT2D eigenvalue weighted by Crippen LogP contribution is -2.24. The van der Waals surface area contributed by atoms with Crippen LogP contribution >= 0.6 is 23.5 Å². The second-order valence-electron chi connectivity index (χ2n) is 4.90. The van der Waals surface area contributed by atoms with Crippen LogP contribution in [0.3, 0.4) is 0 Å². The van der Waals surface area contributed by atoms with Crippen molar-refractivity contribution in [2.45, 2.75) is 16.5 Å². The zero-order valence-corrected chi connectivity index (χ0v) is 14.9. The van der Waals surface area contributed by atoms with E-state index in [9.17, 15) is 4.79 Å². The van der Waals surface area contributed by atoms with E-state index < -0.39 is 0 Å². The van der Waals surface area contributed by atoms with Crippen LogP contribution < -0.4 is 15.0 Å². The monoisotopic (exact) mass is 361 g/mol. The lowest BCUT2D eigenvalue weighted by molar-refractivity contribution is 0.354. The summed E-state index contributed by atoms with van der Waals surface area (Å²) in [6, 6.07) is 7.36. The summed E-state index contributed by atoms with van der Waals surface area (Å²) in [5.41, 5.74) is 1.36. The third-order valence-electron chi connectivity index (χ3n) is 3.56. The van der Waals surface area contributed by atoms with E-state index in [1.807, 2.05) is 0 Å². The Morgan fingerprint density at radius 2 is 2.17 bits per heavy atom. The van der Waals surface area contributed by atoms with Gasteiger partial charge in [0.05, 0.1) is 42.3 Å². The SMILES string of the molecule is COc1ccc(-n2c(SCC#N)nc3c(c2=O)SCC3)cc1OC. The maximum Gasteiger partial charge on any atom is 0.272 e. The molecule has 1 aromatic heterocycles. The number of aromatic nitrogens is 2. The first-order valence-electron chi connectivity index (χ1n) is 7.20. The van der Waals surface area contributed by atoms with Crippen molar-refractivity contribution < 1.29 is 9.47 Å². The number of nitrogens with zero attached hydrogens (tertiary/aromatic N) is 3. The molecule has 0 saturated heterocycles. The third-order valence-corrected chi connectivity index (χ3v) is 5.47. The lowest BCUT2D eigenvalue weighted by Gasteiger charge is -2.15. The number of benzene rings is 1. The molecular weight excluding hydrogens is 346 g/mol. The quantitative estimate of drug-likeness (QED) is 0.598. The Hall–Kier alpha value is -2.11. The summed E-state index contributed by atoms with van der Waals surface area (Å²) in [7, 11) is 3.11. The minimum atomic E-state index is -0.102. The van der Waals surface area contributed by atoms with Crippen LogP contribution in [-0.4, -0.2) is 35.3 Å². The lowest BCUT2D eigenvalue weighted by atomic mass is 10.2. The topological polar surface area (TPSA) is 77.1 Å². The van der Waals surface area contributed by atoms with Crippen molar-refractivity contribution in [1.82, 2.24) is 9.55 Å². The van der Waals surface area contributed by atoms with Gasteiger partial charge < -0.3 is 9.47 Å². The molecule has 0 bridgehead atoms. The van der Waals surface area contributed by atoms with Crippen molar-refractivity contribution in [3.63, 3.8) is 0 Å². The number of rotatable bonds is 5. The van der Waals surface area contributed by atoms with Gasteiger partial charge in [0.15, 0.2) is 16.7 Å². The van der Waals surface area contributed by atoms with E-state index >= 15 is 0 Å². The molecule has 2 heterocycles. The Kier molecular flexibility index (Phi) is 5.02. The fourth-order valence-electron chi connectivity index (χ4n) is 2.48. The van der Waals surface area contributed by atoms with Gasteiger partial charge in [0.2, 0.25) is 0 Å². The Labute approximate surface area is 147 Å². The summed E-state index contributed by atoms with van der Waals surface area (Å²) < 4.78 is 12.1. The maximum atomic E-state index is 12.9. The van der Waals surface area contributed by atoms with E-state index in [2.05, 4.69) is 11.1 Å². The van der Waals surface area contributed by atoms with Crippen LogP contribution in [0.4, 0.5) is 0 Å². The Morgan fingerprint density at radius 3 is 2.88 bits per heavy atom. The molecule has 1 aromatic carbocycles. The van der Waals surface area contributed by atoms with Crippen molar-refractivity contribution in [3.05, 3.63) is 34.2 Å². The molecule has 24 heavy (non-hydrogen) atoms. The second-order valence-corrected chi connectivity index (χ2v) is 6.94. The van der Waals surface area contributed by atoms with E-state index in [0.717, 1.165) is 17.9 Å². The molecule has 124 valence electrons. The number of fused-ring (bicyclic) bond motifs is 1. The van der Waals surface area contributed by atoms with E-state index in [1.54, 1.807) is 37.0 Å². The fraction of sp³-hybridized carbons (Fsp3) is 0.312. The predicted octanol–water partition coefficient (Wildman–Crippen LogP) is 2.51. The van der Waals surface area contributed by atoms with Crippen molar-refractivity contribution in [3.8, 4) is 23.3 Å². The molecule has 6 nitrogen and oxygen atoms in total. The van der Waals surface area contributed by atoms with E-state index in [0.29, 0.717) is 27.2 Å². The van der Waals surface area contributed by atoms with Gasteiger partial charge in [-0.2, -0.15) is 5.26 Å². The van der Waals surface area contributed by atoms with Crippen LogP contribution in [-0.2, 0) is 6.42 Å². The first-order valence-corrected chi connectivity index (χ1v) is 9.17. The molecule has 3 rings (SSSR count). The Bertz CT molecular complexity index is 874. The molecule has 2 aromatic rings. The highest BCUT2D eigenvalue weighted by Gasteiger charge is 2.23. The first-order chi connectivity index (χ1) is 11.7. The van der Waals surface area contributed by atoms with Gasteiger partial charge in [0.25, 0.3) is 5.56 Å². The van der Waals surface area contributed by atoms with Crippen LogP contribution in [0.15, 0.2) is 33.0 Å². The van der Waals surface area contributed by atoms with E-state index in [1.165, 1.54) is 23.5 Å². The van der Waals surface area contributed by atoms with Crippen LogP contribution in [0.1, 0.15) is 5.69 Å². The first kappa shape index (κ1) is 16.7. The maximum absolute atomic E-state index is 12.9. The van der Waals surface area contributed by atoms with Crippen molar-refractivity contribution >= 4 is 23.5 Å². The van der Waals surface area contributed by atoms with Crippen LogP contribution in [0, 0.1) is 11.3 Å². The zero-order valence-electron chi connectivity index (χ0n) is 13.2. The summed E-state index contributed by atoms with van der Waals surface area (Å²) in [4.78, 5) is 18.2. The summed E-state index contributed by atoms with van der Waals surface area (Å²) in [5, 5.41) is 9.40. The normalized spacial score (nSPS) is 12.5. The Balaban J connectivity index is 2.19. The van der Waals surface area contributed by atoms with Gasteiger partial charge in [-0.05, 0) is 12.1 Å². The molecule has 8 heteroatoms. The van der Waals surface area contributed by atoms with Crippen molar-refractivity contribution in [2.75, 3.05) is 25.7 Å². The van der Waals surface area contributed by atoms with Gasteiger partial charge in [-0.1, -0.05) is 11.8 Å². The van der Waals surface area contributed by atoms with Gasteiger partial charge in [-0.25, -0.2) is 4.98 Å². The third kappa shape index (κ3) is 2.97. The van der Waals surface area contributed by atoms with Gasteiger partial charge in [-0.15, -0.1) is 11.8 Å². The highest BCUT2D eigenvalue weighted by Crippen LogP contribution is 2.32. The molecule has 1 aliphatic rings. The zero-order chi connectivity index (χ0) is 17.1. The number of hydrogen-bond donors (Lipinski definition) is 0. The summed E-state index contributed by atoms with van der Waals surface area (Å²) in [6.45, 7) is 0. The summed E-state index contributed by atoms with van der Waals surface area (Å²) in [6.07, 6.45) is 0.780. The summed E-state index contributed by atoms with van der Waals surface area (Å²) >= 11 is 2.78. The molecule has 0 saturated carbocycles. The number of nitriles is 1. The minimum Gasteiger partial charge on any atom is -0.493 e. The number of ether oxygens (including phenoxy) is 2. The molecule has 0 atom stereocenters. The largest absolute Gasteiger partial charge is 0.493 e. The minimum absolute atomic E-state index is 0.102. The molecule has 0 amide bonds. The average molecular weight is 361 g/mol. The van der Waals surface area contributed by atoms with E-state index in [4.69, 9.17) is 14.7 Å². The Morgan fingerprint density at radius 1 is 1.38 bits per heavy atom. The average Bonchev–Trinajstić information content (AvgIpc) is 3.08. The predicted molar refractivity (Wildman–Crippen MR) is 93.7 cm³/mol. The highest BCUT2D eigenvalue weighted by atomic mass is 32.2. The molecule has 0 fully saturated rings. The second kappa shape index (κ2) is 7.20. The van der Waals surface area contributed by atoms with Gasteiger partial charge >= 0.3 is 0 Å². The van der Waals surface area contributed by atoms with E-state index in [-0.39, 0.29) is 11.3 Å². The van der Waals surface area contributed by atoms with Crippen molar-refractivity contribution in [1.29, 1.82) is 5.26 Å². The number of aryl methyl sites for hydroxylation is 1. The van der Waals surface area contributed by atoms with Crippen LogP contribution in [0.25, 0.3) is 5.69 Å². The highest BCUT2D eigenvalue weighted by molar-refractivity contribution is 7.99. The number of thioether (sulfide) groups is 2. The van der Waals surface area contributed by atoms with Gasteiger partial charge in [0, 0.05) is 18.2 Å². The van der Waals surface area contributed by atoms with Crippen LogP contribution in [0.5, 0.6) is 11.5 Å². The number of hydrogen-bond acceptors (Lipinski definition) is 7. The summed E-state index contributed by atoms with van der Waals surface area (Å²) in [5.74, 6) is 2.21. The van der Waals surface area contributed by atoms with Gasteiger partial charge in [0.1, 0.15) is 0 Å². The molecule has 0 radical (unpaired) electrons. The van der Waals surface area contributed by atoms with Crippen LogP contribution in [0.2, 0.25) is 0 Å². The molecule has 0 unspecified atom stereocenters.